The lowest BCUT2D eigenvalue weighted by Gasteiger charge is -2.33. The first-order chi connectivity index (χ1) is 16.6. The van der Waals surface area contributed by atoms with Crippen LogP contribution in [0.1, 0.15) is 24.1 Å². The van der Waals surface area contributed by atoms with Crippen LogP contribution < -0.4 is 15.5 Å². The van der Waals surface area contributed by atoms with Crippen LogP contribution in [0.2, 0.25) is 0 Å². The summed E-state index contributed by atoms with van der Waals surface area (Å²) in [6.45, 7) is 4.58. The summed E-state index contributed by atoms with van der Waals surface area (Å²) in [4.78, 5) is 13.4. The van der Waals surface area contributed by atoms with Crippen LogP contribution in [0.15, 0.2) is 84.0 Å². The van der Waals surface area contributed by atoms with Gasteiger partial charge in [0.25, 0.3) is 0 Å². The van der Waals surface area contributed by atoms with Crippen molar-refractivity contribution >= 4 is 23.4 Å². The fourth-order valence-electron chi connectivity index (χ4n) is 3.87. The van der Waals surface area contributed by atoms with Crippen molar-refractivity contribution in [3.05, 3.63) is 90.0 Å². The quantitative estimate of drug-likeness (QED) is 0.410. The van der Waals surface area contributed by atoms with Crippen molar-refractivity contribution in [3.63, 3.8) is 0 Å². The van der Waals surface area contributed by atoms with Crippen LogP contribution in [0.4, 0.5) is 5.69 Å². The molecule has 0 spiro atoms. The molecule has 1 aliphatic rings. The predicted octanol–water partition coefficient (Wildman–Crippen LogP) is 5.05. The van der Waals surface area contributed by atoms with Gasteiger partial charge in [0.05, 0.1) is 12.6 Å². The Labute approximate surface area is 202 Å². The van der Waals surface area contributed by atoms with Gasteiger partial charge in [0.15, 0.2) is 5.82 Å². The van der Waals surface area contributed by atoms with E-state index in [-0.39, 0.29) is 11.9 Å². The zero-order valence-electron chi connectivity index (χ0n) is 18.9. The van der Waals surface area contributed by atoms with E-state index >= 15 is 0 Å². The second-order valence-corrected chi connectivity index (χ2v) is 9.12. The van der Waals surface area contributed by atoms with Crippen LogP contribution in [-0.2, 0) is 4.79 Å². The Morgan fingerprint density at radius 3 is 2.47 bits per heavy atom. The van der Waals surface area contributed by atoms with Crippen molar-refractivity contribution in [2.45, 2.75) is 30.3 Å². The number of anilines is 1. The van der Waals surface area contributed by atoms with Gasteiger partial charge in [-0.05, 0) is 43.7 Å². The number of aromatic nitrogens is 3. The lowest BCUT2D eigenvalue weighted by molar-refractivity contribution is -0.116. The molecule has 0 fully saturated rings. The molecule has 2 heterocycles. The predicted molar refractivity (Wildman–Crippen MR) is 135 cm³/mol. The van der Waals surface area contributed by atoms with Crippen LogP contribution in [0.3, 0.4) is 0 Å². The number of benzene rings is 3. The zero-order valence-corrected chi connectivity index (χ0v) is 19.8. The number of nitrogens with zero attached hydrogens (tertiary/aromatic N) is 3. The van der Waals surface area contributed by atoms with E-state index in [0.29, 0.717) is 17.6 Å². The third-order valence-electron chi connectivity index (χ3n) is 5.60. The van der Waals surface area contributed by atoms with E-state index in [1.807, 2.05) is 97.4 Å². The largest absolute Gasteiger partial charge is 0.494 e. The first-order valence-corrected chi connectivity index (χ1v) is 12.0. The lowest BCUT2D eigenvalue weighted by Crippen LogP contribution is -2.41. The van der Waals surface area contributed by atoms with E-state index in [1.165, 1.54) is 11.8 Å². The maximum atomic E-state index is 13.4. The van der Waals surface area contributed by atoms with Gasteiger partial charge in [-0.1, -0.05) is 71.9 Å². The zero-order chi connectivity index (χ0) is 23.5. The number of carbonyl (C=O) groups is 1. The molecule has 2 N–H and O–H groups in total. The molecule has 3 aromatic carbocycles. The van der Waals surface area contributed by atoms with Gasteiger partial charge in [-0.15, -0.1) is 10.2 Å². The second kappa shape index (κ2) is 9.61. The van der Waals surface area contributed by atoms with Crippen LogP contribution in [-0.4, -0.2) is 32.6 Å². The maximum Gasteiger partial charge on any atom is 0.240 e. The van der Waals surface area contributed by atoms with E-state index in [1.54, 1.807) is 0 Å². The molecule has 8 heteroatoms. The summed E-state index contributed by atoms with van der Waals surface area (Å²) in [6.07, 6.45) is 0. The lowest BCUT2D eigenvalue weighted by atomic mass is 10.0. The summed E-state index contributed by atoms with van der Waals surface area (Å²) in [6, 6.07) is 25.2. The van der Waals surface area contributed by atoms with E-state index < -0.39 is 5.25 Å². The average molecular weight is 472 g/mol. The summed E-state index contributed by atoms with van der Waals surface area (Å²) in [5, 5.41) is 12.0. The SMILES string of the molecule is CCOc1ccc([C@H]2Nn3c(nnc3-c3ccccc3)S[C@H]2C(=O)Nc2ccc(C)cc2)cc1. The summed E-state index contributed by atoms with van der Waals surface area (Å²) < 4.78 is 7.47. The van der Waals surface area contributed by atoms with Gasteiger partial charge in [-0.25, -0.2) is 4.68 Å². The van der Waals surface area contributed by atoms with Gasteiger partial charge in [0, 0.05) is 11.3 Å². The van der Waals surface area contributed by atoms with Crippen molar-refractivity contribution in [2.75, 3.05) is 17.3 Å². The molecule has 5 rings (SSSR count). The van der Waals surface area contributed by atoms with E-state index in [2.05, 4.69) is 20.9 Å². The van der Waals surface area contributed by atoms with Gasteiger partial charge >= 0.3 is 0 Å². The Morgan fingerprint density at radius 1 is 1.03 bits per heavy atom. The van der Waals surface area contributed by atoms with Crippen molar-refractivity contribution in [1.29, 1.82) is 0 Å². The second-order valence-electron chi connectivity index (χ2n) is 8.01. The molecule has 172 valence electrons. The molecule has 34 heavy (non-hydrogen) atoms. The summed E-state index contributed by atoms with van der Waals surface area (Å²) in [5.41, 5.74) is 7.33. The number of rotatable bonds is 6. The Balaban J connectivity index is 1.49. The average Bonchev–Trinajstić information content (AvgIpc) is 3.29. The van der Waals surface area contributed by atoms with Crippen LogP contribution >= 0.6 is 11.8 Å². The highest BCUT2D eigenvalue weighted by Crippen LogP contribution is 2.39. The van der Waals surface area contributed by atoms with Crippen LogP contribution in [0.5, 0.6) is 5.75 Å². The van der Waals surface area contributed by atoms with Gasteiger partial charge in [0.1, 0.15) is 11.0 Å². The molecule has 0 unspecified atom stereocenters. The number of ether oxygens (including phenoxy) is 1. The van der Waals surface area contributed by atoms with Crippen molar-refractivity contribution in [1.82, 2.24) is 14.9 Å². The number of amides is 1. The third kappa shape index (κ3) is 4.49. The molecule has 2 atom stereocenters. The Bertz CT molecular complexity index is 1270. The molecule has 1 aliphatic heterocycles. The topological polar surface area (TPSA) is 81.1 Å². The molecule has 0 saturated heterocycles. The summed E-state index contributed by atoms with van der Waals surface area (Å²) in [7, 11) is 0. The molecule has 1 aromatic heterocycles. The number of aryl methyl sites for hydroxylation is 1. The number of hydrogen-bond donors (Lipinski definition) is 2. The maximum absolute atomic E-state index is 13.4. The van der Waals surface area contributed by atoms with Crippen LogP contribution in [0, 0.1) is 6.92 Å². The smallest absolute Gasteiger partial charge is 0.240 e. The minimum absolute atomic E-state index is 0.101. The highest BCUT2D eigenvalue weighted by Gasteiger charge is 2.38. The van der Waals surface area contributed by atoms with Gasteiger partial charge in [0.2, 0.25) is 11.1 Å². The molecule has 7 nitrogen and oxygen atoms in total. The number of hydrogen-bond acceptors (Lipinski definition) is 6. The molecule has 0 saturated carbocycles. The van der Waals surface area contributed by atoms with Crippen LogP contribution in [0.25, 0.3) is 11.4 Å². The Kier molecular flexibility index (Phi) is 6.22. The number of carbonyl (C=O) groups excluding carboxylic acids is 1. The summed E-state index contributed by atoms with van der Waals surface area (Å²) in [5.74, 6) is 1.40. The number of thioether (sulfide) groups is 1. The minimum atomic E-state index is -0.459. The summed E-state index contributed by atoms with van der Waals surface area (Å²) >= 11 is 1.40. The molecular weight excluding hydrogens is 446 g/mol. The molecular formula is C26H25N5O2S. The molecule has 0 aliphatic carbocycles. The fraction of sp³-hybridized carbons (Fsp3) is 0.192. The van der Waals surface area contributed by atoms with Gasteiger partial charge in [-0.3, -0.25) is 4.79 Å². The molecule has 0 radical (unpaired) electrons. The van der Waals surface area contributed by atoms with Crippen molar-refractivity contribution in [2.24, 2.45) is 0 Å². The van der Waals surface area contributed by atoms with Crippen molar-refractivity contribution < 1.29 is 9.53 Å². The first-order valence-electron chi connectivity index (χ1n) is 11.2. The van der Waals surface area contributed by atoms with Crippen molar-refractivity contribution in [3.8, 4) is 17.1 Å². The monoisotopic (exact) mass is 471 g/mol. The Hall–Kier alpha value is -3.78. The van der Waals surface area contributed by atoms with Gasteiger partial charge in [-0.2, -0.15) is 0 Å². The van der Waals surface area contributed by atoms with E-state index in [0.717, 1.165) is 28.1 Å². The third-order valence-corrected chi connectivity index (χ3v) is 6.81. The number of nitrogens with one attached hydrogen (secondary N) is 2. The minimum Gasteiger partial charge on any atom is -0.494 e. The molecule has 0 bridgehead atoms. The highest BCUT2D eigenvalue weighted by atomic mass is 32.2. The normalized spacial score (nSPS) is 16.9. The molecule has 1 amide bonds. The first kappa shape index (κ1) is 22.0. The molecule has 4 aromatic rings. The fourth-order valence-corrected chi connectivity index (χ4v) is 4.95. The van der Waals surface area contributed by atoms with Gasteiger partial charge < -0.3 is 15.5 Å². The van der Waals surface area contributed by atoms with E-state index in [4.69, 9.17) is 4.74 Å². The Morgan fingerprint density at radius 2 is 1.76 bits per heavy atom. The highest BCUT2D eigenvalue weighted by molar-refractivity contribution is 8.00. The standard InChI is InChI=1S/C26H25N5O2S/c1-3-33-21-15-11-18(12-16-21)22-23(25(32)27-20-13-9-17(2)10-14-20)34-26-29-28-24(31(26)30-22)19-7-5-4-6-8-19/h4-16,22-23,30H,3H2,1-2H3,(H,27,32)/t22-,23-/m1/s1. The number of fused-ring (bicyclic) bond motifs is 1. The van der Waals surface area contributed by atoms with E-state index in [9.17, 15) is 4.79 Å².